The van der Waals surface area contributed by atoms with Crippen molar-refractivity contribution in [1.29, 1.82) is 0 Å². The van der Waals surface area contributed by atoms with E-state index in [4.69, 9.17) is 9.84 Å². The molecule has 0 aromatic carbocycles. The van der Waals surface area contributed by atoms with Crippen LogP contribution < -0.4 is 5.32 Å². The number of morpholine rings is 1. The number of rotatable bonds is 6. The maximum atomic E-state index is 12.2. The highest BCUT2D eigenvalue weighted by atomic mass is 16.5. The maximum absolute atomic E-state index is 12.2. The molecule has 18 heavy (non-hydrogen) atoms. The first kappa shape index (κ1) is 15.4. The van der Waals surface area contributed by atoms with Crippen molar-refractivity contribution < 1.29 is 14.6 Å². The Kier molecular flexibility index (Phi) is 6.60. The van der Waals surface area contributed by atoms with Gasteiger partial charge in [0.1, 0.15) is 0 Å². The highest BCUT2D eigenvalue weighted by molar-refractivity contribution is 5.81. The zero-order chi connectivity index (χ0) is 13.5. The third-order valence-corrected chi connectivity index (χ3v) is 3.40. The zero-order valence-electron chi connectivity index (χ0n) is 11.7. The molecule has 0 radical (unpaired) electrons. The van der Waals surface area contributed by atoms with Crippen molar-refractivity contribution in [2.24, 2.45) is 5.92 Å². The Bertz CT molecular complexity index is 253. The molecular weight excluding hydrogens is 232 g/mol. The van der Waals surface area contributed by atoms with Gasteiger partial charge in [-0.25, -0.2) is 0 Å². The van der Waals surface area contributed by atoms with Gasteiger partial charge in [-0.05, 0) is 19.3 Å². The minimum atomic E-state index is -0.206. The molecule has 2 atom stereocenters. The molecule has 1 saturated heterocycles. The Morgan fingerprint density at radius 1 is 1.33 bits per heavy atom. The molecule has 1 amide bonds. The van der Waals surface area contributed by atoms with Crippen LogP contribution in [0.2, 0.25) is 0 Å². The van der Waals surface area contributed by atoms with Gasteiger partial charge in [0.05, 0.1) is 19.3 Å². The standard InChI is InChI=1S/C13H26N2O3/c1-10(2)12(4-7-16)14-11(3)13(17)15-5-8-18-9-6-15/h10-12,14,16H,4-9H2,1-3H3. The minimum absolute atomic E-state index is 0.127. The molecule has 106 valence electrons. The molecule has 1 fully saturated rings. The Morgan fingerprint density at radius 2 is 1.94 bits per heavy atom. The van der Waals surface area contributed by atoms with Crippen molar-refractivity contribution in [2.45, 2.75) is 39.3 Å². The van der Waals surface area contributed by atoms with Crippen molar-refractivity contribution >= 4 is 5.91 Å². The lowest BCUT2D eigenvalue weighted by molar-refractivity contribution is -0.137. The van der Waals surface area contributed by atoms with E-state index in [0.717, 1.165) is 0 Å². The number of aliphatic hydroxyl groups is 1. The van der Waals surface area contributed by atoms with Gasteiger partial charge in [0.15, 0.2) is 0 Å². The SMILES string of the molecule is CC(NC(CCO)C(C)C)C(=O)N1CCOCC1. The number of amides is 1. The summed E-state index contributed by atoms with van der Waals surface area (Å²) in [5, 5.41) is 12.4. The summed E-state index contributed by atoms with van der Waals surface area (Å²) in [7, 11) is 0. The summed E-state index contributed by atoms with van der Waals surface area (Å²) in [4.78, 5) is 14.1. The first-order valence-electron chi connectivity index (χ1n) is 6.79. The number of carbonyl (C=O) groups is 1. The van der Waals surface area contributed by atoms with Crippen molar-refractivity contribution in [2.75, 3.05) is 32.9 Å². The topological polar surface area (TPSA) is 61.8 Å². The van der Waals surface area contributed by atoms with Gasteiger partial charge in [-0.3, -0.25) is 4.79 Å². The highest BCUT2D eigenvalue weighted by Gasteiger charge is 2.25. The Morgan fingerprint density at radius 3 is 2.44 bits per heavy atom. The van der Waals surface area contributed by atoms with Crippen molar-refractivity contribution in [1.82, 2.24) is 10.2 Å². The van der Waals surface area contributed by atoms with E-state index in [2.05, 4.69) is 19.2 Å². The molecule has 0 saturated carbocycles. The van der Waals surface area contributed by atoms with Crippen LogP contribution >= 0.6 is 0 Å². The third kappa shape index (κ3) is 4.55. The summed E-state index contributed by atoms with van der Waals surface area (Å²) in [6.45, 7) is 8.84. The summed E-state index contributed by atoms with van der Waals surface area (Å²) in [6, 6.07) is -0.0305. The Hall–Kier alpha value is -0.650. The Labute approximate surface area is 109 Å². The van der Waals surface area contributed by atoms with Crippen LogP contribution in [-0.2, 0) is 9.53 Å². The summed E-state index contributed by atoms with van der Waals surface area (Å²) < 4.78 is 5.24. The lowest BCUT2D eigenvalue weighted by Crippen LogP contribution is -2.52. The number of carbonyl (C=O) groups excluding carboxylic acids is 1. The number of aliphatic hydroxyl groups excluding tert-OH is 1. The molecule has 0 bridgehead atoms. The lowest BCUT2D eigenvalue weighted by atomic mass is 10.00. The second kappa shape index (κ2) is 7.71. The van der Waals surface area contributed by atoms with Crippen LogP contribution in [0.15, 0.2) is 0 Å². The zero-order valence-corrected chi connectivity index (χ0v) is 11.7. The molecule has 0 aromatic heterocycles. The van der Waals surface area contributed by atoms with Crippen LogP contribution in [0.25, 0.3) is 0 Å². The van der Waals surface area contributed by atoms with Gasteiger partial charge < -0.3 is 20.1 Å². The molecular formula is C13H26N2O3. The number of hydrogen-bond donors (Lipinski definition) is 2. The molecule has 2 unspecified atom stereocenters. The number of nitrogens with zero attached hydrogens (tertiary/aromatic N) is 1. The fraction of sp³-hybridized carbons (Fsp3) is 0.923. The van der Waals surface area contributed by atoms with Crippen LogP contribution in [0.1, 0.15) is 27.2 Å². The van der Waals surface area contributed by atoms with Crippen LogP contribution in [0.4, 0.5) is 0 Å². The van der Waals surface area contributed by atoms with Crippen molar-refractivity contribution in [3.05, 3.63) is 0 Å². The monoisotopic (exact) mass is 258 g/mol. The first-order chi connectivity index (χ1) is 8.56. The van der Waals surface area contributed by atoms with Gasteiger partial charge in [-0.1, -0.05) is 13.8 Å². The van der Waals surface area contributed by atoms with Gasteiger partial charge in [-0.2, -0.15) is 0 Å². The molecule has 1 aliphatic heterocycles. The van der Waals surface area contributed by atoms with E-state index < -0.39 is 0 Å². The minimum Gasteiger partial charge on any atom is -0.396 e. The molecule has 0 spiro atoms. The normalized spacial score (nSPS) is 19.9. The number of hydrogen-bond acceptors (Lipinski definition) is 4. The van der Waals surface area contributed by atoms with Crippen LogP contribution in [0.3, 0.4) is 0 Å². The van der Waals surface area contributed by atoms with E-state index in [1.165, 1.54) is 0 Å². The average Bonchev–Trinajstić information content (AvgIpc) is 2.38. The number of ether oxygens (including phenoxy) is 1. The second-order valence-electron chi connectivity index (χ2n) is 5.19. The number of nitrogens with one attached hydrogen (secondary N) is 1. The molecule has 5 nitrogen and oxygen atoms in total. The van der Waals surface area contributed by atoms with E-state index in [0.29, 0.717) is 38.6 Å². The highest BCUT2D eigenvalue weighted by Crippen LogP contribution is 2.08. The molecule has 0 aliphatic carbocycles. The summed E-state index contributed by atoms with van der Waals surface area (Å²) in [5.74, 6) is 0.527. The molecule has 1 heterocycles. The van der Waals surface area contributed by atoms with E-state index in [1.807, 2.05) is 11.8 Å². The fourth-order valence-corrected chi connectivity index (χ4v) is 2.20. The molecule has 1 aliphatic rings. The van der Waals surface area contributed by atoms with Gasteiger partial charge in [0, 0.05) is 25.7 Å². The predicted molar refractivity (Wildman–Crippen MR) is 70.3 cm³/mol. The molecule has 0 aromatic rings. The van der Waals surface area contributed by atoms with Gasteiger partial charge in [0.2, 0.25) is 5.91 Å². The second-order valence-corrected chi connectivity index (χ2v) is 5.19. The van der Waals surface area contributed by atoms with Crippen molar-refractivity contribution in [3.63, 3.8) is 0 Å². The Balaban J connectivity index is 2.46. The predicted octanol–water partition coefficient (Wildman–Crippen LogP) is 0.230. The van der Waals surface area contributed by atoms with E-state index in [9.17, 15) is 4.79 Å². The summed E-state index contributed by atoms with van der Waals surface area (Å²) >= 11 is 0. The van der Waals surface area contributed by atoms with Crippen LogP contribution in [-0.4, -0.2) is 60.9 Å². The van der Waals surface area contributed by atoms with E-state index >= 15 is 0 Å². The third-order valence-electron chi connectivity index (χ3n) is 3.40. The first-order valence-corrected chi connectivity index (χ1v) is 6.79. The largest absolute Gasteiger partial charge is 0.396 e. The van der Waals surface area contributed by atoms with Gasteiger partial charge in [0.25, 0.3) is 0 Å². The average molecular weight is 258 g/mol. The molecule has 1 rings (SSSR count). The van der Waals surface area contributed by atoms with Gasteiger partial charge in [-0.15, -0.1) is 0 Å². The van der Waals surface area contributed by atoms with Crippen LogP contribution in [0.5, 0.6) is 0 Å². The van der Waals surface area contributed by atoms with Crippen LogP contribution in [0, 0.1) is 5.92 Å². The molecule has 5 heteroatoms. The van der Waals surface area contributed by atoms with Gasteiger partial charge >= 0.3 is 0 Å². The smallest absolute Gasteiger partial charge is 0.239 e. The molecule has 2 N–H and O–H groups in total. The maximum Gasteiger partial charge on any atom is 0.239 e. The quantitative estimate of drug-likeness (QED) is 0.716. The fourth-order valence-electron chi connectivity index (χ4n) is 2.20. The lowest BCUT2D eigenvalue weighted by Gasteiger charge is -2.32. The summed E-state index contributed by atoms with van der Waals surface area (Å²) in [6.07, 6.45) is 0.679. The van der Waals surface area contributed by atoms with E-state index in [-0.39, 0.29) is 24.6 Å². The summed E-state index contributed by atoms with van der Waals surface area (Å²) in [5.41, 5.74) is 0. The van der Waals surface area contributed by atoms with E-state index in [1.54, 1.807) is 0 Å². The van der Waals surface area contributed by atoms with Crippen molar-refractivity contribution in [3.8, 4) is 0 Å².